The number of esters is 1. The van der Waals surface area contributed by atoms with Gasteiger partial charge >= 0.3 is 5.97 Å². The molecule has 1 aliphatic carbocycles. The number of nitrogens with two attached hydrogens (primary N) is 1. The molecule has 86 valence electrons. The van der Waals surface area contributed by atoms with E-state index >= 15 is 0 Å². The lowest BCUT2D eigenvalue weighted by Gasteiger charge is -2.09. The van der Waals surface area contributed by atoms with Gasteiger partial charge in [0, 0.05) is 6.42 Å². The van der Waals surface area contributed by atoms with Crippen molar-refractivity contribution in [2.45, 2.75) is 18.0 Å². The van der Waals surface area contributed by atoms with Gasteiger partial charge in [0.2, 0.25) is 0 Å². The van der Waals surface area contributed by atoms with Crippen molar-refractivity contribution in [3.05, 3.63) is 22.4 Å². The summed E-state index contributed by atoms with van der Waals surface area (Å²) in [5.41, 5.74) is 4.72. The van der Waals surface area contributed by atoms with Gasteiger partial charge in [0.15, 0.2) is 0 Å². The highest BCUT2D eigenvalue weighted by Gasteiger charge is 2.59. The first-order valence-electron chi connectivity index (χ1n) is 4.79. The van der Waals surface area contributed by atoms with Crippen LogP contribution in [0.5, 0.6) is 0 Å². The van der Waals surface area contributed by atoms with E-state index < -0.39 is 11.5 Å². The molecule has 0 aliphatic heterocycles. The number of ether oxygens (including phenoxy) is 1. The maximum absolute atomic E-state index is 11.6. The van der Waals surface area contributed by atoms with Crippen molar-refractivity contribution in [2.75, 3.05) is 7.11 Å². The first-order chi connectivity index (χ1) is 7.58. The van der Waals surface area contributed by atoms with Gasteiger partial charge in [-0.25, -0.2) is 4.79 Å². The van der Waals surface area contributed by atoms with E-state index in [1.54, 1.807) is 12.1 Å². The smallest absolute Gasteiger partial charge is 0.328 e. The van der Waals surface area contributed by atoms with Crippen molar-refractivity contribution in [3.63, 3.8) is 0 Å². The van der Waals surface area contributed by atoms with E-state index in [0.717, 1.165) is 0 Å². The van der Waals surface area contributed by atoms with Crippen molar-refractivity contribution >= 4 is 23.2 Å². The molecule has 0 spiro atoms. The van der Waals surface area contributed by atoms with Crippen LogP contribution in [0.2, 0.25) is 0 Å². The molecule has 1 aromatic rings. The minimum atomic E-state index is -1.04. The first-order valence-corrected chi connectivity index (χ1v) is 5.67. The lowest BCUT2D eigenvalue weighted by molar-refractivity contribution is -0.143. The van der Waals surface area contributed by atoms with Crippen molar-refractivity contribution in [2.24, 2.45) is 5.73 Å². The topological polar surface area (TPSA) is 81.4 Å². The summed E-state index contributed by atoms with van der Waals surface area (Å²) in [6.45, 7) is 0. The molecule has 3 N–H and O–H groups in total. The first kappa shape index (κ1) is 11.1. The zero-order valence-corrected chi connectivity index (χ0v) is 9.54. The van der Waals surface area contributed by atoms with Crippen molar-refractivity contribution in [1.82, 2.24) is 5.32 Å². The minimum absolute atomic E-state index is 0.198. The summed E-state index contributed by atoms with van der Waals surface area (Å²) in [5.74, 6) is -0.680. The average Bonchev–Trinajstić information content (AvgIpc) is 2.74. The number of carbonyl (C=O) groups is 2. The van der Waals surface area contributed by atoms with E-state index in [2.05, 4.69) is 10.1 Å². The Morgan fingerprint density at radius 2 is 2.44 bits per heavy atom. The van der Waals surface area contributed by atoms with Gasteiger partial charge in [-0.3, -0.25) is 4.79 Å². The van der Waals surface area contributed by atoms with Gasteiger partial charge in [-0.2, -0.15) is 0 Å². The molecule has 1 unspecified atom stereocenters. The van der Waals surface area contributed by atoms with Crippen LogP contribution in [0.3, 0.4) is 0 Å². The highest BCUT2D eigenvalue weighted by molar-refractivity contribution is 7.12. The lowest BCUT2D eigenvalue weighted by atomic mass is 10.3. The summed E-state index contributed by atoms with van der Waals surface area (Å²) >= 11 is 1.35. The highest BCUT2D eigenvalue weighted by atomic mass is 32.1. The summed E-state index contributed by atoms with van der Waals surface area (Å²) in [4.78, 5) is 23.5. The molecule has 5 nitrogen and oxygen atoms in total. The highest BCUT2D eigenvalue weighted by Crippen LogP contribution is 2.34. The molecule has 1 amide bonds. The maximum atomic E-state index is 11.6. The lowest BCUT2D eigenvalue weighted by Crippen LogP contribution is -2.43. The number of carbonyl (C=O) groups excluding carboxylic acids is 2. The monoisotopic (exact) mass is 240 g/mol. The third kappa shape index (κ3) is 1.81. The molecule has 0 radical (unpaired) electrons. The Kier molecular flexibility index (Phi) is 2.69. The van der Waals surface area contributed by atoms with Gasteiger partial charge in [-0.1, -0.05) is 6.07 Å². The molecule has 0 aromatic carbocycles. The quantitative estimate of drug-likeness (QED) is 0.735. The Balaban J connectivity index is 1.95. The van der Waals surface area contributed by atoms with Gasteiger partial charge in [0.25, 0.3) is 5.91 Å². The molecule has 2 rings (SSSR count). The molecule has 6 heteroatoms. The number of rotatable bonds is 3. The van der Waals surface area contributed by atoms with Crippen molar-refractivity contribution in [3.8, 4) is 0 Å². The van der Waals surface area contributed by atoms with E-state index in [1.165, 1.54) is 18.4 Å². The Bertz CT molecular complexity index is 418. The number of hydrogen-bond acceptors (Lipinski definition) is 5. The van der Waals surface area contributed by atoms with Crippen LogP contribution in [0.25, 0.3) is 0 Å². The molecule has 1 fully saturated rings. The molecule has 1 aliphatic rings. The fourth-order valence-corrected chi connectivity index (χ4v) is 2.14. The Morgan fingerprint density at radius 3 is 3.00 bits per heavy atom. The Hall–Kier alpha value is -1.40. The third-order valence-corrected chi connectivity index (χ3v) is 3.49. The van der Waals surface area contributed by atoms with Crippen molar-refractivity contribution < 1.29 is 14.3 Å². The number of thiophene rings is 1. The van der Waals surface area contributed by atoms with Crippen LogP contribution in [-0.4, -0.2) is 30.6 Å². The van der Waals surface area contributed by atoms with Gasteiger partial charge in [-0.15, -0.1) is 11.3 Å². The second-order valence-electron chi connectivity index (χ2n) is 3.74. The van der Waals surface area contributed by atoms with Crippen LogP contribution in [0.4, 0.5) is 0 Å². The number of amides is 1. The molecule has 1 saturated carbocycles. The fraction of sp³-hybridized carbons (Fsp3) is 0.400. The van der Waals surface area contributed by atoms with E-state index in [0.29, 0.717) is 11.3 Å². The van der Waals surface area contributed by atoms with E-state index in [-0.39, 0.29) is 11.9 Å². The largest absolute Gasteiger partial charge is 0.468 e. The molecule has 2 atom stereocenters. The molecular weight excluding hydrogens is 228 g/mol. The zero-order valence-electron chi connectivity index (χ0n) is 8.73. The molecule has 0 saturated heterocycles. The number of nitrogens with one attached hydrogen (secondary N) is 1. The van der Waals surface area contributed by atoms with Crippen LogP contribution in [0.15, 0.2) is 17.5 Å². The van der Waals surface area contributed by atoms with E-state index in [1.807, 2.05) is 5.38 Å². The molecule has 1 heterocycles. The zero-order chi connectivity index (χ0) is 11.8. The minimum Gasteiger partial charge on any atom is -0.468 e. The third-order valence-electron chi connectivity index (χ3n) is 2.62. The number of hydrogen-bond donors (Lipinski definition) is 2. The van der Waals surface area contributed by atoms with Gasteiger partial charge in [-0.05, 0) is 11.4 Å². The van der Waals surface area contributed by atoms with Gasteiger partial charge in [0.1, 0.15) is 5.54 Å². The predicted molar refractivity (Wildman–Crippen MR) is 59.1 cm³/mol. The molecule has 1 aromatic heterocycles. The summed E-state index contributed by atoms with van der Waals surface area (Å²) in [6, 6.07) is 3.19. The second-order valence-corrected chi connectivity index (χ2v) is 4.69. The molecule has 0 bridgehead atoms. The van der Waals surface area contributed by atoms with Gasteiger partial charge in [0.05, 0.1) is 18.0 Å². The van der Waals surface area contributed by atoms with Gasteiger partial charge < -0.3 is 15.8 Å². The summed E-state index contributed by atoms with van der Waals surface area (Å²) in [5, 5.41) is 4.53. The van der Waals surface area contributed by atoms with E-state index in [4.69, 9.17) is 5.73 Å². The molecule has 16 heavy (non-hydrogen) atoms. The van der Waals surface area contributed by atoms with Crippen LogP contribution in [-0.2, 0) is 9.53 Å². The van der Waals surface area contributed by atoms with Crippen LogP contribution in [0.1, 0.15) is 16.1 Å². The second kappa shape index (κ2) is 3.88. The van der Waals surface area contributed by atoms with E-state index in [9.17, 15) is 9.59 Å². The summed E-state index contributed by atoms with van der Waals surface area (Å²) in [7, 11) is 1.29. The summed E-state index contributed by atoms with van der Waals surface area (Å²) < 4.78 is 4.57. The number of methoxy groups -OCH3 is 1. The predicted octanol–water partition coefficient (Wildman–Crippen LogP) is 0.121. The SMILES string of the molecule is COC(=O)C1(N)C[C@H]1NC(=O)c1cccs1. The van der Waals surface area contributed by atoms with Crippen molar-refractivity contribution in [1.29, 1.82) is 0 Å². The van der Waals surface area contributed by atoms with Crippen LogP contribution < -0.4 is 11.1 Å². The Morgan fingerprint density at radius 1 is 1.69 bits per heavy atom. The summed E-state index contributed by atoms with van der Waals surface area (Å²) in [6.07, 6.45) is 0.427. The maximum Gasteiger partial charge on any atom is 0.328 e. The molecular formula is C10H12N2O3S. The standard InChI is InChI=1S/C10H12N2O3S/c1-15-9(14)10(11)5-7(10)12-8(13)6-3-2-4-16-6/h2-4,7H,5,11H2,1H3,(H,12,13)/t7-,10?/m1/s1. The average molecular weight is 240 g/mol. The van der Waals surface area contributed by atoms with Crippen LogP contribution >= 0.6 is 11.3 Å². The Labute approximate surface area is 96.6 Å². The normalized spacial score (nSPS) is 27.2. The van der Waals surface area contributed by atoms with Crippen LogP contribution in [0, 0.1) is 0 Å². The fourth-order valence-electron chi connectivity index (χ4n) is 1.51.